The molecule has 0 radical (unpaired) electrons. The Morgan fingerprint density at radius 2 is 2.00 bits per heavy atom. The van der Waals surface area contributed by atoms with Crippen LogP contribution in [-0.4, -0.2) is 12.8 Å². The Hall–Kier alpha value is -1.22. The van der Waals surface area contributed by atoms with Gasteiger partial charge in [0.25, 0.3) is 0 Å². The van der Waals surface area contributed by atoms with Gasteiger partial charge in [-0.1, -0.05) is 13.3 Å². The molecule has 1 aliphatic heterocycles. The van der Waals surface area contributed by atoms with Gasteiger partial charge >= 0.3 is 0 Å². The Balaban J connectivity index is 1.59. The minimum absolute atomic E-state index is 0.363. The minimum Gasteiger partial charge on any atom is -0.454 e. The zero-order valence-corrected chi connectivity index (χ0v) is 11.0. The molecular weight excluding hydrogens is 226 g/mol. The Kier molecular flexibility index (Phi) is 3.41. The number of ether oxygens (including phenoxy) is 2. The van der Waals surface area contributed by atoms with Gasteiger partial charge in [0.2, 0.25) is 6.79 Å². The molecule has 18 heavy (non-hydrogen) atoms. The summed E-state index contributed by atoms with van der Waals surface area (Å²) >= 11 is 0. The normalized spacial score (nSPS) is 26.3. The van der Waals surface area contributed by atoms with Crippen molar-refractivity contribution in [3.8, 4) is 11.5 Å². The molecule has 0 aromatic heterocycles. The van der Waals surface area contributed by atoms with Gasteiger partial charge in [0.1, 0.15) is 6.54 Å². The Morgan fingerprint density at radius 1 is 1.17 bits per heavy atom. The predicted octanol–water partition coefficient (Wildman–Crippen LogP) is 2.06. The van der Waals surface area contributed by atoms with Gasteiger partial charge in [0, 0.05) is 11.5 Å². The van der Waals surface area contributed by atoms with Crippen LogP contribution in [0.4, 0.5) is 0 Å². The van der Waals surface area contributed by atoms with Gasteiger partial charge in [-0.15, -0.1) is 0 Å². The minimum atomic E-state index is 0.363. The predicted molar refractivity (Wildman–Crippen MR) is 69.6 cm³/mol. The van der Waals surface area contributed by atoms with Crippen LogP contribution < -0.4 is 14.8 Å². The van der Waals surface area contributed by atoms with Crippen LogP contribution in [0.15, 0.2) is 18.2 Å². The van der Waals surface area contributed by atoms with E-state index < -0.39 is 0 Å². The summed E-state index contributed by atoms with van der Waals surface area (Å²) < 4.78 is 10.7. The van der Waals surface area contributed by atoms with Crippen molar-refractivity contribution in [2.75, 3.05) is 6.79 Å². The SMILES string of the molecule is C[C@H]1CCCC[C@@H]1[NH2+]Cc1ccc2c(c1)OCO2. The van der Waals surface area contributed by atoms with Crippen LogP contribution in [-0.2, 0) is 6.54 Å². The van der Waals surface area contributed by atoms with E-state index in [0.717, 1.165) is 30.0 Å². The lowest BCUT2D eigenvalue weighted by Crippen LogP contribution is -2.90. The number of fused-ring (bicyclic) bond motifs is 1. The third-order valence-corrected chi connectivity index (χ3v) is 4.27. The topological polar surface area (TPSA) is 35.1 Å². The van der Waals surface area contributed by atoms with Gasteiger partial charge in [0.05, 0.1) is 6.04 Å². The molecule has 1 aromatic rings. The van der Waals surface area contributed by atoms with Crippen LogP contribution in [0.5, 0.6) is 11.5 Å². The van der Waals surface area contributed by atoms with E-state index in [0.29, 0.717) is 6.79 Å². The van der Waals surface area contributed by atoms with Crippen molar-refractivity contribution >= 4 is 0 Å². The fraction of sp³-hybridized carbons (Fsp3) is 0.600. The van der Waals surface area contributed by atoms with Crippen LogP contribution in [0, 0.1) is 5.92 Å². The van der Waals surface area contributed by atoms with E-state index in [-0.39, 0.29) is 0 Å². The van der Waals surface area contributed by atoms with Crippen molar-refractivity contribution in [3.05, 3.63) is 23.8 Å². The summed E-state index contributed by atoms with van der Waals surface area (Å²) in [4.78, 5) is 0. The first-order chi connectivity index (χ1) is 8.83. The van der Waals surface area contributed by atoms with Crippen LogP contribution >= 0.6 is 0 Å². The summed E-state index contributed by atoms with van der Waals surface area (Å²) in [5.41, 5.74) is 1.33. The lowest BCUT2D eigenvalue weighted by atomic mass is 9.86. The monoisotopic (exact) mass is 248 g/mol. The Bertz CT molecular complexity index is 419. The van der Waals surface area contributed by atoms with Crippen molar-refractivity contribution in [1.29, 1.82) is 0 Å². The highest BCUT2D eigenvalue weighted by atomic mass is 16.7. The molecule has 1 heterocycles. The third kappa shape index (κ3) is 2.46. The van der Waals surface area contributed by atoms with E-state index in [1.165, 1.54) is 31.2 Å². The highest BCUT2D eigenvalue weighted by Crippen LogP contribution is 2.32. The molecule has 2 atom stereocenters. The second-order valence-corrected chi connectivity index (χ2v) is 5.55. The van der Waals surface area contributed by atoms with Gasteiger partial charge in [-0.3, -0.25) is 0 Å². The number of hydrogen-bond acceptors (Lipinski definition) is 2. The number of benzene rings is 1. The van der Waals surface area contributed by atoms with Gasteiger partial charge in [0.15, 0.2) is 11.5 Å². The molecule has 2 aliphatic rings. The largest absolute Gasteiger partial charge is 0.454 e. The summed E-state index contributed by atoms with van der Waals surface area (Å²) in [5, 5.41) is 2.50. The highest BCUT2D eigenvalue weighted by molar-refractivity contribution is 5.44. The number of hydrogen-bond donors (Lipinski definition) is 1. The van der Waals surface area contributed by atoms with E-state index in [1.807, 2.05) is 6.07 Å². The van der Waals surface area contributed by atoms with Crippen LogP contribution in [0.3, 0.4) is 0 Å². The lowest BCUT2D eigenvalue weighted by molar-refractivity contribution is -0.712. The van der Waals surface area contributed by atoms with E-state index in [9.17, 15) is 0 Å². The molecule has 1 aromatic carbocycles. The zero-order valence-electron chi connectivity index (χ0n) is 11.0. The Morgan fingerprint density at radius 3 is 2.89 bits per heavy atom. The van der Waals surface area contributed by atoms with Crippen molar-refractivity contribution < 1.29 is 14.8 Å². The first-order valence-electron chi connectivity index (χ1n) is 7.05. The molecule has 1 saturated carbocycles. The summed E-state index contributed by atoms with van der Waals surface area (Å²) in [6, 6.07) is 7.09. The van der Waals surface area contributed by atoms with Crippen LogP contribution in [0.1, 0.15) is 38.2 Å². The fourth-order valence-corrected chi connectivity index (χ4v) is 3.05. The van der Waals surface area contributed by atoms with Gasteiger partial charge < -0.3 is 14.8 Å². The molecule has 3 rings (SSSR count). The van der Waals surface area contributed by atoms with E-state index in [1.54, 1.807) is 0 Å². The second-order valence-electron chi connectivity index (χ2n) is 5.55. The molecule has 0 bridgehead atoms. The molecule has 0 spiro atoms. The third-order valence-electron chi connectivity index (χ3n) is 4.27. The van der Waals surface area contributed by atoms with Crippen molar-refractivity contribution in [1.82, 2.24) is 0 Å². The van der Waals surface area contributed by atoms with Crippen LogP contribution in [0.25, 0.3) is 0 Å². The van der Waals surface area contributed by atoms with Gasteiger partial charge in [-0.2, -0.15) is 0 Å². The first-order valence-corrected chi connectivity index (χ1v) is 7.05. The highest BCUT2D eigenvalue weighted by Gasteiger charge is 2.24. The molecule has 2 N–H and O–H groups in total. The second kappa shape index (κ2) is 5.19. The maximum absolute atomic E-state index is 5.42. The maximum Gasteiger partial charge on any atom is 0.231 e. The number of rotatable bonds is 3. The summed E-state index contributed by atoms with van der Waals surface area (Å²) in [5.74, 6) is 2.63. The standard InChI is InChI=1S/C15H21NO2/c1-11-4-2-3-5-13(11)16-9-12-6-7-14-15(8-12)18-10-17-14/h6-8,11,13,16H,2-5,9-10H2,1H3/p+1/t11-,13-/m0/s1. The van der Waals surface area contributed by atoms with Gasteiger partial charge in [-0.25, -0.2) is 0 Å². The Labute approximate surface area is 108 Å². The van der Waals surface area contributed by atoms with E-state index in [4.69, 9.17) is 9.47 Å². The summed E-state index contributed by atoms with van der Waals surface area (Å²) in [6.07, 6.45) is 5.57. The van der Waals surface area contributed by atoms with Gasteiger partial charge in [-0.05, 0) is 37.5 Å². The molecule has 3 heteroatoms. The van der Waals surface area contributed by atoms with Crippen molar-refractivity contribution in [2.45, 2.75) is 45.2 Å². The molecule has 1 aliphatic carbocycles. The summed E-state index contributed by atoms with van der Waals surface area (Å²) in [7, 11) is 0. The zero-order chi connectivity index (χ0) is 12.4. The number of quaternary nitrogens is 1. The van der Waals surface area contributed by atoms with Crippen molar-refractivity contribution in [2.24, 2.45) is 5.92 Å². The average molecular weight is 248 g/mol. The maximum atomic E-state index is 5.42. The van der Waals surface area contributed by atoms with E-state index in [2.05, 4.69) is 24.4 Å². The molecule has 1 fully saturated rings. The quantitative estimate of drug-likeness (QED) is 0.888. The lowest BCUT2D eigenvalue weighted by Gasteiger charge is -2.26. The molecule has 3 nitrogen and oxygen atoms in total. The van der Waals surface area contributed by atoms with E-state index >= 15 is 0 Å². The van der Waals surface area contributed by atoms with Crippen LogP contribution in [0.2, 0.25) is 0 Å². The smallest absolute Gasteiger partial charge is 0.231 e. The molecule has 0 unspecified atom stereocenters. The molecular formula is C15H22NO2+. The average Bonchev–Trinajstić information content (AvgIpc) is 2.85. The molecule has 0 amide bonds. The fourth-order valence-electron chi connectivity index (χ4n) is 3.05. The molecule has 0 saturated heterocycles. The number of nitrogens with two attached hydrogens (primary N) is 1. The first kappa shape index (κ1) is 11.8. The summed E-state index contributed by atoms with van der Waals surface area (Å²) in [6.45, 7) is 3.80. The molecule has 98 valence electrons. The van der Waals surface area contributed by atoms with Crippen molar-refractivity contribution in [3.63, 3.8) is 0 Å².